The smallest absolute Gasteiger partial charge is 0.326 e. The second-order valence-corrected chi connectivity index (χ2v) is 9.38. The molecule has 0 aliphatic heterocycles. The van der Waals surface area contributed by atoms with E-state index in [4.69, 9.17) is 22.9 Å². The van der Waals surface area contributed by atoms with Crippen LogP contribution in [-0.2, 0) is 24.0 Å². The molecule has 0 heterocycles. The van der Waals surface area contributed by atoms with Crippen LogP contribution in [0.3, 0.4) is 0 Å². The molecule has 0 aliphatic rings. The van der Waals surface area contributed by atoms with Crippen LogP contribution in [0.25, 0.3) is 0 Å². The van der Waals surface area contributed by atoms with Gasteiger partial charge in [0.05, 0.1) is 6.04 Å². The van der Waals surface area contributed by atoms with Gasteiger partial charge in [0.15, 0.2) is 5.96 Å². The molecule has 0 rings (SSSR count). The average molecular weight is 515 g/mol. The van der Waals surface area contributed by atoms with Gasteiger partial charge in [-0.05, 0) is 37.5 Å². The molecule has 0 radical (unpaired) electrons. The van der Waals surface area contributed by atoms with Crippen LogP contribution >= 0.6 is 0 Å². The Hall–Kier alpha value is -3.42. The molecule has 0 unspecified atom stereocenters. The van der Waals surface area contributed by atoms with Gasteiger partial charge in [0.25, 0.3) is 0 Å². The minimum Gasteiger partial charge on any atom is -0.480 e. The van der Waals surface area contributed by atoms with Gasteiger partial charge in [-0.15, -0.1) is 0 Å². The summed E-state index contributed by atoms with van der Waals surface area (Å²) in [6, 6.07) is -4.31. The zero-order chi connectivity index (χ0) is 28.0. The van der Waals surface area contributed by atoms with E-state index in [1.807, 2.05) is 13.8 Å². The maximum absolute atomic E-state index is 13.0. The first-order valence-electron chi connectivity index (χ1n) is 11.9. The van der Waals surface area contributed by atoms with Crippen LogP contribution in [0, 0.1) is 11.8 Å². The van der Waals surface area contributed by atoms with Gasteiger partial charge in [-0.3, -0.25) is 24.2 Å². The number of amides is 4. The molecule has 206 valence electrons. The summed E-state index contributed by atoms with van der Waals surface area (Å²) in [5.41, 5.74) is 21.5. The Balaban J connectivity index is 5.33. The molecule has 36 heavy (non-hydrogen) atoms. The molecular weight excluding hydrogens is 472 g/mol. The van der Waals surface area contributed by atoms with Crippen molar-refractivity contribution in [1.82, 2.24) is 16.0 Å². The molecule has 0 spiro atoms. The monoisotopic (exact) mass is 514 g/mol. The minimum absolute atomic E-state index is 0.0272. The summed E-state index contributed by atoms with van der Waals surface area (Å²) in [6.45, 7) is 7.40. The van der Waals surface area contributed by atoms with E-state index in [1.165, 1.54) is 0 Å². The van der Waals surface area contributed by atoms with Crippen molar-refractivity contribution >= 4 is 35.6 Å². The number of aliphatic carboxylic acids is 1. The number of nitrogens with zero attached hydrogens (tertiary/aromatic N) is 1. The molecule has 4 atom stereocenters. The van der Waals surface area contributed by atoms with Crippen LogP contribution in [0.4, 0.5) is 0 Å². The fourth-order valence-corrected chi connectivity index (χ4v) is 3.23. The summed E-state index contributed by atoms with van der Waals surface area (Å²) in [4.78, 5) is 64.8. The lowest BCUT2D eigenvalue weighted by atomic mass is 9.99. The number of nitrogens with one attached hydrogen (secondary N) is 3. The number of rotatable bonds is 17. The van der Waals surface area contributed by atoms with E-state index in [0.717, 1.165) is 0 Å². The Labute approximate surface area is 211 Å². The van der Waals surface area contributed by atoms with Gasteiger partial charge in [-0.2, -0.15) is 0 Å². The van der Waals surface area contributed by atoms with Crippen molar-refractivity contribution < 1.29 is 29.1 Å². The maximum Gasteiger partial charge on any atom is 0.326 e. The second-order valence-electron chi connectivity index (χ2n) is 9.38. The quantitative estimate of drug-likeness (QED) is 0.0598. The number of hydrogen-bond donors (Lipinski definition) is 8. The molecule has 12 N–H and O–H groups in total. The Morgan fingerprint density at radius 3 is 1.89 bits per heavy atom. The lowest BCUT2D eigenvalue weighted by Crippen LogP contribution is -2.58. The highest BCUT2D eigenvalue weighted by atomic mass is 16.4. The SMILES string of the molecule is CC(C)C[C@H](NC(=O)[C@@H](NC(=O)[C@@H](N)CCCN=C(N)N)C(C)C)C(=O)N[C@@H](CCC(N)=O)C(=O)O. The van der Waals surface area contributed by atoms with Crippen molar-refractivity contribution in [3.05, 3.63) is 0 Å². The lowest BCUT2D eigenvalue weighted by Gasteiger charge is -2.27. The lowest BCUT2D eigenvalue weighted by molar-refractivity contribution is -0.142. The number of carboxylic acid groups (broad SMARTS) is 1. The summed E-state index contributed by atoms with van der Waals surface area (Å²) in [6.07, 6.45) is 0.539. The van der Waals surface area contributed by atoms with E-state index in [-0.39, 0.29) is 43.5 Å². The molecule has 0 saturated carbocycles. The summed E-state index contributed by atoms with van der Waals surface area (Å²) < 4.78 is 0. The Morgan fingerprint density at radius 1 is 0.833 bits per heavy atom. The minimum atomic E-state index is -1.35. The number of carbonyl (C=O) groups is 5. The largest absolute Gasteiger partial charge is 0.480 e. The van der Waals surface area contributed by atoms with Crippen molar-refractivity contribution in [2.45, 2.75) is 84.0 Å². The van der Waals surface area contributed by atoms with Crippen LogP contribution in [0.15, 0.2) is 4.99 Å². The van der Waals surface area contributed by atoms with E-state index in [1.54, 1.807) is 13.8 Å². The third kappa shape index (κ3) is 13.5. The van der Waals surface area contributed by atoms with Crippen LogP contribution < -0.4 is 38.9 Å². The summed E-state index contributed by atoms with van der Waals surface area (Å²) in [5.74, 6) is -4.35. The zero-order valence-corrected chi connectivity index (χ0v) is 21.5. The Bertz CT molecular complexity index is 797. The molecule has 0 aliphatic carbocycles. The average Bonchev–Trinajstić information content (AvgIpc) is 2.75. The fourth-order valence-electron chi connectivity index (χ4n) is 3.23. The van der Waals surface area contributed by atoms with E-state index >= 15 is 0 Å². The molecule has 14 heteroatoms. The van der Waals surface area contributed by atoms with Gasteiger partial charge in [0.2, 0.25) is 23.6 Å². The van der Waals surface area contributed by atoms with Crippen molar-refractivity contribution in [3.8, 4) is 0 Å². The summed E-state index contributed by atoms with van der Waals surface area (Å²) in [5, 5.41) is 16.9. The molecule has 0 fully saturated rings. The fraction of sp³-hybridized carbons (Fsp3) is 0.727. The van der Waals surface area contributed by atoms with Crippen LogP contribution in [0.5, 0.6) is 0 Å². The van der Waals surface area contributed by atoms with Crippen molar-refractivity contribution in [2.75, 3.05) is 6.54 Å². The van der Waals surface area contributed by atoms with E-state index < -0.39 is 53.8 Å². The van der Waals surface area contributed by atoms with Crippen LogP contribution in [0.1, 0.15) is 59.8 Å². The maximum atomic E-state index is 13.0. The highest BCUT2D eigenvalue weighted by Crippen LogP contribution is 2.10. The van der Waals surface area contributed by atoms with Gasteiger partial charge in [-0.25, -0.2) is 4.79 Å². The zero-order valence-electron chi connectivity index (χ0n) is 21.5. The summed E-state index contributed by atoms with van der Waals surface area (Å²) in [7, 11) is 0. The van der Waals surface area contributed by atoms with Crippen LogP contribution in [-0.4, -0.2) is 71.4 Å². The van der Waals surface area contributed by atoms with E-state index in [2.05, 4.69) is 20.9 Å². The number of carbonyl (C=O) groups excluding carboxylic acids is 4. The third-order valence-corrected chi connectivity index (χ3v) is 5.19. The number of aliphatic imine (C=N–C) groups is 1. The van der Waals surface area contributed by atoms with Gasteiger partial charge in [0, 0.05) is 13.0 Å². The van der Waals surface area contributed by atoms with Gasteiger partial charge in [-0.1, -0.05) is 27.7 Å². The van der Waals surface area contributed by atoms with Crippen molar-refractivity contribution in [3.63, 3.8) is 0 Å². The Morgan fingerprint density at radius 2 is 1.42 bits per heavy atom. The van der Waals surface area contributed by atoms with E-state index in [0.29, 0.717) is 13.0 Å². The standard InChI is InChI=1S/C22H42N8O6/c1-11(2)10-15(19(33)28-14(21(35)36)7-8-16(24)31)29-20(34)17(12(3)4)30-18(32)13(23)6-5-9-27-22(25)26/h11-15,17H,5-10,23H2,1-4H3,(H2,24,31)(H,28,33)(H,29,34)(H,30,32)(H,35,36)(H4,25,26,27)/t13-,14-,15-,17-/m0/s1. The molecular formula is C22H42N8O6. The molecule has 14 nitrogen and oxygen atoms in total. The van der Waals surface area contributed by atoms with Gasteiger partial charge >= 0.3 is 5.97 Å². The first kappa shape index (κ1) is 32.6. The molecule has 0 aromatic heterocycles. The highest BCUT2D eigenvalue weighted by molar-refractivity contribution is 5.94. The molecule has 0 aromatic carbocycles. The predicted octanol–water partition coefficient (Wildman–Crippen LogP) is -2.13. The first-order valence-corrected chi connectivity index (χ1v) is 11.9. The number of nitrogens with two attached hydrogens (primary N) is 4. The van der Waals surface area contributed by atoms with Gasteiger partial charge < -0.3 is 44.0 Å². The first-order chi connectivity index (χ1) is 16.6. The van der Waals surface area contributed by atoms with E-state index in [9.17, 15) is 29.1 Å². The van der Waals surface area contributed by atoms with Crippen molar-refractivity contribution in [2.24, 2.45) is 39.8 Å². The number of guanidine groups is 1. The summed E-state index contributed by atoms with van der Waals surface area (Å²) >= 11 is 0. The normalized spacial score (nSPS) is 14.3. The predicted molar refractivity (Wildman–Crippen MR) is 134 cm³/mol. The topological polar surface area (TPSA) is 258 Å². The number of primary amides is 1. The molecule has 0 aromatic rings. The number of hydrogen-bond acceptors (Lipinski definition) is 7. The Kier molecular flexibility index (Phi) is 14.7. The third-order valence-electron chi connectivity index (χ3n) is 5.19. The van der Waals surface area contributed by atoms with Crippen molar-refractivity contribution in [1.29, 1.82) is 0 Å². The number of carboxylic acids is 1. The molecule has 0 saturated heterocycles. The molecule has 0 bridgehead atoms. The second kappa shape index (κ2) is 16.3. The van der Waals surface area contributed by atoms with Crippen LogP contribution in [0.2, 0.25) is 0 Å². The molecule has 4 amide bonds. The highest BCUT2D eigenvalue weighted by Gasteiger charge is 2.32. The van der Waals surface area contributed by atoms with Gasteiger partial charge in [0.1, 0.15) is 18.1 Å².